The Hall–Kier alpha value is -0.622. The number of hydrogen-bond acceptors (Lipinski definition) is 2. The quantitative estimate of drug-likeness (QED) is 0.469. The fraction of sp³-hybridized carbons (Fsp3) is 0. The van der Waals surface area contributed by atoms with Crippen LogP contribution in [0.15, 0.2) is 24.3 Å². The predicted octanol–water partition coefficient (Wildman–Crippen LogP) is -0.592. The molecule has 0 saturated heterocycles. The van der Waals surface area contributed by atoms with Crippen molar-refractivity contribution in [1.82, 2.24) is 0 Å². The Morgan fingerprint density at radius 2 is 1.78 bits per heavy atom. The van der Waals surface area contributed by atoms with Gasteiger partial charge in [0.25, 0.3) is 0 Å². The number of benzene rings is 1. The van der Waals surface area contributed by atoms with Crippen molar-refractivity contribution in [1.29, 1.82) is 0 Å². The van der Waals surface area contributed by atoms with Crippen LogP contribution in [0.1, 0.15) is 0 Å². The molecule has 9 heavy (non-hydrogen) atoms. The fourth-order valence-corrected chi connectivity index (χ4v) is 1.31. The summed E-state index contributed by atoms with van der Waals surface area (Å²) in [7, 11) is 0. The van der Waals surface area contributed by atoms with E-state index in [9.17, 15) is 3.74 Å². The van der Waals surface area contributed by atoms with Crippen LogP contribution in [-0.4, -0.2) is 15.7 Å². The van der Waals surface area contributed by atoms with E-state index in [1.807, 2.05) is 12.1 Å². The van der Waals surface area contributed by atoms with Gasteiger partial charge in [0, 0.05) is 0 Å². The molecule has 1 atom stereocenters. The molecule has 1 aromatic rings. The Balaban J connectivity index is 3.01. The van der Waals surface area contributed by atoms with Crippen LogP contribution in [0.4, 0.5) is 5.69 Å². The zero-order valence-electron chi connectivity index (χ0n) is 4.87. The molecule has 1 unspecified atom stereocenters. The van der Waals surface area contributed by atoms with Gasteiger partial charge < -0.3 is 0 Å². The molecule has 0 aliphatic carbocycles. The van der Waals surface area contributed by atoms with Crippen LogP contribution in [0.5, 0.6) is 0 Å². The molecule has 0 spiro atoms. The molecule has 3 heteroatoms. The molecule has 0 saturated carbocycles. The first-order valence-electron chi connectivity index (χ1n) is 2.63. The molecule has 0 heterocycles. The summed E-state index contributed by atoms with van der Waals surface area (Å²) in [5, 5.41) is 0. The summed E-state index contributed by atoms with van der Waals surface area (Å²) in [5.74, 6) is 0. The third kappa shape index (κ3) is 1.65. The van der Waals surface area contributed by atoms with Gasteiger partial charge in [0.05, 0.1) is 0 Å². The first-order valence-corrected chi connectivity index (χ1v) is 4.83. The monoisotopic (exact) mass is 185 g/mol. The first kappa shape index (κ1) is 6.50. The zero-order chi connectivity index (χ0) is 6.69. The van der Waals surface area contributed by atoms with Crippen molar-refractivity contribution in [2.45, 2.75) is 0 Å². The van der Waals surface area contributed by atoms with Crippen molar-refractivity contribution in [2.24, 2.45) is 0 Å². The summed E-state index contributed by atoms with van der Waals surface area (Å²) in [6, 6.07) is 7.15. The fourth-order valence-electron chi connectivity index (χ4n) is 0.575. The van der Waals surface area contributed by atoms with E-state index in [0.717, 1.165) is 10.0 Å². The van der Waals surface area contributed by atoms with Crippen molar-refractivity contribution in [3.05, 3.63) is 24.3 Å². The van der Waals surface area contributed by atoms with E-state index < -0.39 is 15.7 Å². The molecular weight excluding hydrogens is 177 g/mol. The second-order valence-corrected chi connectivity index (χ2v) is 3.68. The predicted molar refractivity (Wildman–Crippen MR) is 39.7 cm³/mol. The summed E-state index contributed by atoms with van der Waals surface area (Å²) in [4.78, 5) is 0. The average Bonchev–Trinajstić information content (AvgIpc) is 1.90. The Labute approximate surface area is 60.0 Å². The van der Waals surface area contributed by atoms with E-state index in [-0.39, 0.29) is 0 Å². The first-order chi connectivity index (χ1) is 4.33. The Morgan fingerprint density at radius 1 is 1.22 bits per heavy atom. The van der Waals surface area contributed by atoms with Gasteiger partial charge in [0.15, 0.2) is 0 Å². The van der Waals surface area contributed by atoms with Gasteiger partial charge in [0.1, 0.15) is 0 Å². The summed E-state index contributed by atoms with van der Waals surface area (Å²) in [6.07, 6.45) is 0. The topological polar surface area (TPSA) is 43.1 Å². The zero-order valence-corrected chi connectivity index (χ0v) is 7.29. The maximum absolute atomic E-state index is 10.4. The van der Waals surface area contributed by atoms with Crippen LogP contribution < -0.4 is 10.1 Å². The summed E-state index contributed by atoms with van der Waals surface area (Å²) < 4.78 is 11.3. The second-order valence-electron chi connectivity index (χ2n) is 1.78. The van der Waals surface area contributed by atoms with Crippen molar-refractivity contribution in [2.75, 3.05) is 5.73 Å². The number of nitrogen functional groups attached to an aromatic ring is 1. The summed E-state index contributed by atoms with van der Waals surface area (Å²) in [5.41, 5.74) is 6.12. The van der Waals surface area contributed by atoms with E-state index in [0.29, 0.717) is 0 Å². The molecule has 0 amide bonds. The van der Waals surface area contributed by atoms with Crippen LogP contribution in [0.2, 0.25) is 0 Å². The van der Waals surface area contributed by atoms with E-state index in [2.05, 4.69) is 0 Å². The Kier molecular flexibility index (Phi) is 2.01. The maximum atomic E-state index is 10.4. The minimum atomic E-state index is -1.36. The van der Waals surface area contributed by atoms with Crippen LogP contribution in [0, 0.1) is 0 Å². The van der Waals surface area contributed by atoms with Crippen molar-refractivity contribution < 1.29 is 3.74 Å². The van der Waals surface area contributed by atoms with Gasteiger partial charge in [-0.25, -0.2) is 0 Å². The van der Waals surface area contributed by atoms with Gasteiger partial charge in [0.2, 0.25) is 0 Å². The summed E-state index contributed by atoms with van der Waals surface area (Å²) >= 11 is -1.36. The van der Waals surface area contributed by atoms with Crippen molar-refractivity contribution >= 4 is 25.7 Å². The van der Waals surface area contributed by atoms with Crippen LogP contribution in [0.3, 0.4) is 0 Å². The summed E-state index contributed by atoms with van der Waals surface area (Å²) in [6.45, 7) is 0. The van der Waals surface area contributed by atoms with Crippen LogP contribution in [0.25, 0.3) is 0 Å². The molecule has 0 aliphatic heterocycles. The van der Waals surface area contributed by atoms with Gasteiger partial charge in [-0.15, -0.1) is 0 Å². The van der Waals surface area contributed by atoms with E-state index >= 15 is 0 Å². The van der Waals surface area contributed by atoms with E-state index in [1.165, 1.54) is 0 Å². The number of anilines is 1. The third-order valence-corrected chi connectivity index (χ3v) is 2.45. The molecule has 48 valence electrons. The number of hydrogen-bond donors (Lipinski definition) is 1. The molecule has 0 aromatic heterocycles. The molecular formula is C6H8AsNO. The van der Waals surface area contributed by atoms with Crippen LogP contribution >= 0.6 is 0 Å². The van der Waals surface area contributed by atoms with Crippen molar-refractivity contribution in [3.63, 3.8) is 0 Å². The molecule has 2 nitrogen and oxygen atoms in total. The Bertz CT molecular complexity index is 207. The van der Waals surface area contributed by atoms with Gasteiger partial charge in [-0.05, 0) is 0 Å². The SMILES string of the molecule is Nc1ccc([AsH2]=O)cc1. The molecule has 1 rings (SSSR count). The molecule has 0 radical (unpaired) electrons. The molecule has 2 N–H and O–H groups in total. The van der Waals surface area contributed by atoms with Crippen LogP contribution in [-0.2, 0) is 3.74 Å². The second kappa shape index (κ2) is 2.79. The van der Waals surface area contributed by atoms with Gasteiger partial charge >= 0.3 is 59.5 Å². The van der Waals surface area contributed by atoms with E-state index in [4.69, 9.17) is 5.73 Å². The van der Waals surface area contributed by atoms with Gasteiger partial charge in [-0.3, -0.25) is 0 Å². The average molecular weight is 185 g/mol. The molecule has 0 bridgehead atoms. The van der Waals surface area contributed by atoms with Gasteiger partial charge in [-0.1, -0.05) is 0 Å². The van der Waals surface area contributed by atoms with E-state index in [1.54, 1.807) is 12.1 Å². The standard InChI is InChI=1S/C6H8AsNO/c8-6-3-1-5(7-9)2-4-6/h1-4H,7-8H2. The normalized spacial score (nSPS) is 10.7. The molecule has 0 fully saturated rings. The molecule has 0 aliphatic rings. The number of nitrogens with two attached hydrogens (primary N) is 1. The minimum absolute atomic E-state index is 0.726. The van der Waals surface area contributed by atoms with Gasteiger partial charge in [-0.2, -0.15) is 0 Å². The third-order valence-electron chi connectivity index (χ3n) is 1.07. The number of rotatable bonds is 1. The van der Waals surface area contributed by atoms with Crippen molar-refractivity contribution in [3.8, 4) is 0 Å². The Morgan fingerprint density at radius 3 is 2.22 bits per heavy atom. The molecule has 1 aromatic carbocycles.